The molecule has 0 atom stereocenters. The smallest absolute Gasteiger partial charge is 0.352 e. The second-order valence-corrected chi connectivity index (χ2v) is 4.84. The molecule has 1 aromatic carbocycles. The first-order valence-electron chi connectivity index (χ1n) is 5.35. The van der Waals surface area contributed by atoms with Crippen molar-refractivity contribution in [3.8, 4) is 0 Å². The van der Waals surface area contributed by atoms with Crippen molar-refractivity contribution in [3.63, 3.8) is 0 Å². The number of H-pyrrole nitrogens is 1. The number of aromatic carboxylic acids is 1. The first-order valence-corrected chi connectivity index (χ1v) is 6.14. The molecular weight excluding hydrogens is 321 g/mol. The van der Waals surface area contributed by atoms with Gasteiger partial charge in [-0.05, 0) is 40.0 Å². The summed E-state index contributed by atoms with van der Waals surface area (Å²) in [5.74, 6) is -2.74. The lowest BCUT2D eigenvalue weighted by Crippen LogP contribution is -2.04. The summed E-state index contributed by atoms with van der Waals surface area (Å²) in [5, 5.41) is 18.3. The number of halogens is 2. The van der Waals surface area contributed by atoms with Gasteiger partial charge in [0.15, 0.2) is 0 Å². The molecule has 2 aromatic rings. The monoisotopic (exact) mass is 329 g/mol. The number of carboxylic acids is 2. The number of hydrogen-bond donors (Lipinski definition) is 3. The van der Waals surface area contributed by atoms with Crippen molar-refractivity contribution in [2.45, 2.75) is 12.8 Å². The molecule has 100 valence electrons. The van der Waals surface area contributed by atoms with Crippen molar-refractivity contribution in [1.29, 1.82) is 0 Å². The Morgan fingerprint density at radius 2 is 2.00 bits per heavy atom. The van der Waals surface area contributed by atoms with Gasteiger partial charge in [-0.1, -0.05) is 0 Å². The summed E-state index contributed by atoms with van der Waals surface area (Å²) in [6, 6.07) is 2.39. The van der Waals surface area contributed by atoms with E-state index < -0.39 is 17.8 Å². The third kappa shape index (κ3) is 2.60. The number of aryl methyl sites for hydroxylation is 1. The van der Waals surface area contributed by atoms with Crippen LogP contribution in [-0.4, -0.2) is 27.1 Å². The lowest BCUT2D eigenvalue weighted by Gasteiger charge is -2.01. The zero-order chi connectivity index (χ0) is 14.2. The zero-order valence-electron chi connectivity index (χ0n) is 9.54. The average molecular weight is 330 g/mol. The highest BCUT2D eigenvalue weighted by molar-refractivity contribution is 9.10. The fourth-order valence-corrected chi connectivity index (χ4v) is 2.65. The van der Waals surface area contributed by atoms with E-state index in [-0.39, 0.29) is 18.5 Å². The van der Waals surface area contributed by atoms with Crippen LogP contribution in [0, 0.1) is 5.82 Å². The van der Waals surface area contributed by atoms with Crippen molar-refractivity contribution in [2.24, 2.45) is 0 Å². The van der Waals surface area contributed by atoms with Crippen molar-refractivity contribution < 1.29 is 24.2 Å². The number of carbonyl (C=O) groups is 2. The summed E-state index contributed by atoms with van der Waals surface area (Å²) < 4.78 is 13.7. The number of benzene rings is 1. The predicted octanol–water partition coefficient (Wildman–Crippen LogP) is 2.78. The molecule has 19 heavy (non-hydrogen) atoms. The molecule has 0 spiro atoms. The van der Waals surface area contributed by atoms with Crippen LogP contribution in [0.25, 0.3) is 10.9 Å². The average Bonchev–Trinajstić information content (AvgIpc) is 2.64. The van der Waals surface area contributed by atoms with Crippen LogP contribution in [0.2, 0.25) is 0 Å². The molecule has 1 aromatic heterocycles. The number of aromatic nitrogens is 1. The summed E-state index contributed by atoms with van der Waals surface area (Å²) in [4.78, 5) is 24.4. The van der Waals surface area contributed by atoms with Gasteiger partial charge in [-0.15, -0.1) is 0 Å². The summed E-state index contributed by atoms with van der Waals surface area (Å²) in [6.45, 7) is 0. The minimum absolute atomic E-state index is 0.0567. The molecule has 3 N–H and O–H groups in total. The molecule has 2 rings (SSSR count). The van der Waals surface area contributed by atoms with E-state index in [0.717, 1.165) is 0 Å². The quantitative estimate of drug-likeness (QED) is 0.804. The Hall–Kier alpha value is -1.89. The maximum atomic E-state index is 13.3. The standard InChI is InChI=1S/C12H9BrFNO4/c13-7-3-5(14)4-8-10(7)6(1-2-9(16)17)11(15-8)12(18)19/h3-4,15H,1-2H2,(H,16,17)(H,18,19). The van der Waals surface area contributed by atoms with E-state index in [1.165, 1.54) is 12.1 Å². The van der Waals surface area contributed by atoms with Gasteiger partial charge in [-0.3, -0.25) is 4.79 Å². The highest BCUT2D eigenvalue weighted by atomic mass is 79.9. The van der Waals surface area contributed by atoms with E-state index in [4.69, 9.17) is 10.2 Å². The molecule has 0 unspecified atom stereocenters. The second kappa shape index (κ2) is 5.00. The Balaban J connectivity index is 2.65. The number of nitrogens with one attached hydrogen (secondary N) is 1. The molecule has 5 nitrogen and oxygen atoms in total. The fourth-order valence-electron chi connectivity index (χ4n) is 1.98. The predicted molar refractivity (Wildman–Crippen MR) is 68.9 cm³/mol. The van der Waals surface area contributed by atoms with E-state index >= 15 is 0 Å². The van der Waals surface area contributed by atoms with Crippen molar-refractivity contribution in [1.82, 2.24) is 4.98 Å². The van der Waals surface area contributed by atoms with Gasteiger partial charge in [0.2, 0.25) is 0 Å². The molecule has 0 radical (unpaired) electrons. The zero-order valence-corrected chi connectivity index (χ0v) is 11.1. The molecule has 0 saturated heterocycles. The van der Waals surface area contributed by atoms with Crippen LogP contribution < -0.4 is 0 Å². The molecule has 0 aliphatic rings. The minimum atomic E-state index is -1.20. The molecule has 7 heteroatoms. The topological polar surface area (TPSA) is 90.4 Å². The number of rotatable bonds is 4. The van der Waals surface area contributed by atoms with Gasteiger partial charge in [0.05, 0.1) is 5.52 Å². The maximum absolute atomic E-state index is 13.3. The SMILES string of the molecule is O=C(O)CCc1c(C(=O)O)[nH]c2cc(F)cc(Br)c12. The third-order valence-corrected chi connectivity index (χ3v) is 3.35. The first-order chi connectivity index (χ1) is 8.90. The molecule has 0 aliphatic carbocycles. The van der Waals surface area contributed by atoms with Crippen LogP contribution in [0.1, 0.15) is 22.5 Å². The molecular formula is C12H9BrFNO4. The lowest BCUT2D eigenvalue weighted by molar-refractivity contribution is -0.136. The number of hydrogen-bond acceptors (Lipinski definition) is 2. The van der Waals surface area contributed by atoms with Crippen molar-refractivity contribution in [3.05, 3.63) is 33.7 Å². The summed E-state index contributed by atoms with van der Waals surface area (Å²) in [5.41, 5.74) is 0.573. The largest absolute Gasteiger partial charge is 0.481 e. The number of carboxylic acid groups (broad SMARTS) is 2. The Bertz CT molecular complexity index is 680. The number of aliphatic carboxylic acids is 1. The van der Waals surface area contributed by atoms with Crippen LogP contribution in [0.15, 0.2) is 16.6 Å². The van der Waals surface area contributed by atoms with E-state index in [1.54, 1.807) is 0 Å². The van der Waals surface area contributed by atoms with Gasteiger partial charge in [-0.2, -0.15) is 0 Å². The Morgan fingerprint density at radius 1 is 1.32 bits per heavy atom. The molecule has 0 aliphatic heterocycles. The van der Waals surface area contributed by atoms with Gasteiger partial charge >= 0.3 is 11.9 Å². The van der Waals surface area contributed by atoms with E-state index in [9.17, 15) is 14.0 Å². The Morgan fingerprint density at radius 3 is 2.58 bits per heavy atom. The Labute approximate surface area is 115 Å². The summed E-state index contributed by atoms with van der Waals surface area (Å²) >= 11 is 3.17. The van der Waals surface area contributed by atoms with Crippen LogP contribution >= 0.6 is 15.9 Å². The van der Waals surface area contributed by atoms with Gasteiger partial charge < -0.3 is 15.2 Å². The third-order valence-electron chi connectivity index (χ3n) is 2.72. The van der Waals surface area contributed by atoms with Crippen LogP contribution in [-0.2, 0) is 11.2 Å². The van der Waals surface area contributed by atoms with Crippen molar-refractivity contribution in [2.75, 3.05) is 0 Å². The molecule has 0 fully saturated rings. The highest BCUT2D eigenvalue weighted by Crippen LogP contribution is 2.31. The molecule has 0 saturated carbocycles. The van der Waals surface area contributed by atoms with Crippen LogP contribution in [0.3, 0.4) is 0 Å². The number of aromatic amines is 1. The van der Waals surface area contributed by atoms with Crippen LogP contribution in [0.5, 0.6) is 0 Å². The van der Waals surface area contributed by atoms with Gasteiger partial charge in [0, 0.05) is 16.3 Å². The lowest BCUT2D eigenvalue weighted by atomic mass is 10.1. The molecule has 0 bridgehead atoms. The molecule has 1 heterocycles. The van der Waals surface area contributed by atoms with E-state index in [0.29, 0.717) is 20.9 Å². The summed E-state index contributed by atoms with van der Waals surface area (Å²) in [7, 11) is 0. The highest BCUT2D eigenvalue weighted by Gasteiger charge is 2.20. The van der Waals surface area contributed by atoms with E-state index in [1.807, 2.05) is 0 Å². The van der Waals surface area contributed by atoms with E-state index in [2.05, 4.69) is 20.9 Å². The summed E-state index contributed by atoms with van der Waals surface area (Å²) in [6.07, 6.45) is -0.141. The van der Waals surface area contributed by atoms with Gasteiger partial charge in [0.25, 0.3) is 0 Å². The van der Waals surface area contributed by atoms with Gasteiger partial charge in [0.1, 0.15) is 11.5 Å². The number of fused-ring (bicyclic) bond motifs is 1. The normalized spacial score (nSPS) is 10.8. The minimum Gasteiger partial charge on any atom is -0.481 e. The Kier molecular flexibility index (Phi) is 3.57. The van der Waals surface area contributed by atoms with Gasteiger partial charge in [-0.25, -0.2) is 9.18 Å². The molecule has 0 amide bonds. The first kappa shape index (κ1) is 13.5. The van der Waals surface area contributed by atoms with Crippen molar-refractivity contribution >= 4 is 38.8 Å². The second-order valence-electron chi connectivity index (χ2n) is 3.99. The maximum Gasteiger partial charge on any atom is 0.352 e. The fraction of sp³-hybridized carbons (Fsp3) is 0.167. The van der Waals surface area contributed by atoms with Crippen LogP contribution in [0.4, 0.5) is 4.39 Å².